The standard InChI is InChI=1S/C19H23N3O/c1-14(17-8-7-16-4-2-3-5-18(16)10-17)22-19(23)9-6-15-11-20-13-21-12-15/h7-8,10-14H,2-6,9H2,1H3,(H,22,23). The van der Waals surface area contributed by atoms with Gasteiger partial charge in [-0.05, 0) is 61.3 Å². The molecule has 2 aromatic rings. The molecule has 120 valence electrons. The van der Waals surface area contributed by atoms with Gasteiger partial charge in [0.2, 0.25) is 5.91 Å². The van der Waals surface area contributed by atoms with Crippen molar-refractivity contribution in [1.82, 2.24) is 15.3 Å². The van der Waals surface area contributed by atoms with E-state index in [1.807, 2.05) is 6.92 Å². The van der Waals surface area contributed by atoms with E-state index >= 15 is 0 Å². The van der Waals surface area contributed by atoms with Gasteiger partial charge < -0.3 is 5.32 Å². The number of rotatable bonds is 5. The van der Waals surface area contributed by atoms with E-state index < -0.39 is 0 Å². The van der Waals surface area contributed by atoms with Gasteiger partial charge in [-0.1, -0.05) is 18.2 Å². The molecule has 0 saturated heterocycles. The molecule has 1 atom stereocenters. The number of nitrogens with one attached hydrogen (secondary N) is 1. The van der Waals surface area contributed by atoms with E-state index in [4.69, 9.17) is 0 Å². The Morgan fingerprint density at radius 1 is 1.17 bits per heavy atom. The Kier molecular flexibility index (Phi) is 5.01. The molecule has 0 saturated carbocycles. The van der Waals surface area contributed by atoms with Crippen molar-refractivity contribution in [2.24, 2.45) is 0 Å². The highest BCUT2D eigenvalue weighted by molar-refractivity contribution is 5.76. The Morgan fingerprint density at radius 2 is 1.91 bits per heavy atom. The summed E-state index contributed by atoms with van der Waals surface area (Å²) < 4.78 is 0. The molecular formula is C19H23N3O. The van der Waals surface area contributed by atoms with Crippen LogP contribution in [0, 0.1) is 0 Å². The minimum absolute atomic E-state index is 0.0433. The van der Waals surface area contributed by atoms with Gasteiger partial charge in [0.1, 0.15) is 6.33 Å². The Labute approximate surface area is 137 Å². The number of carbonyl (C=O) groups excluding carboxylic acids is 1. The molecule has 0 spiro atoms. The van der Waals surface area contributed by atoms with Crippen LogP contribution in [0.4, 0.5) is 0 Å². The molecule has 1 aliphatic carbocycles. The molecule has 1 amide bonds. The number of hydrogen-bond donors (Lipinski definition) is 1. The zero-order chi connectivity index (χ0) is 16.1. The van der Waals surface area contributed by atoms with Gasteiger partial charge >= 0.3 is 0 Å². The number of carbonyl (C=O) groups is 1. The molecule has 1 aliphatic rings. The fraction of sp³-hybridized carbons (Fsp3) is 0.421. The van der Waals surface area contributed by atoms with Crippen LogP contribution >= 0.6 is 0 Å². The highest BCUT2D eigenvalue weighted by Crippen LogP contribution is 2.24. The third-order valence-electron chi connectivity index (χ3n) is 4.50. The van der Waals surface area contributed by atoms with Crippen LogP contribution in [0.1, 0.15) is 54.5 Å². The zero-order valence-corrected chi connectivity index (χ0v) is 13.6. The molecule has 3 rings (SSSR count). The third kappa shape index (κ3) is 4.15. The highest BCUT2D eigenvalue weighted by Gasteiger charge is 2.14. The molecule has 0 aliphatic heterocycles. The summed E-state index contributed by atoms with van der Waals surface area (Å²) in [5.74, 6) is 0.0686. The number of nitrogens with zero attached hydrogens (tertiary/aromatic N) is 2. The van der Waals surface area contributed by atoms with Crippen molar-refractivity contribution >= 4 is 5.91 Å². The number of hydrogen-bond acceptors (Lipinski definition) is 3. The van der Waals surface area contributed by atoms with Crippen LogP contribution in [0.3, 0.4) is 0 Å². The quantitative estimate of drug-likeness (QED) is 0.923. The Bertz CT molecular complexity index is 670. The van der Waals surface area contributed by atoms with E-state index in [0.29, 0.717) is 12.8 Å². The maximum atomic E-state index is 12.1. The molecule has 1 aromatic heterocycles. The van der Waals surface area contributed by atoms with Crippen LogP contribution in [0.5, 0.6) is 0 Å². The predicted octanol–water partition coefficient (Wildman–Crippen LogP) is 3.17. The van der Waals surface area contributed by atoms with Crippen molar-refractivity contribution in [2.45, 2.75) is 51.5 Å². The van der Waals surface area contributed by atoms with Gasteiger partial charge in [0, 0.05) is 18.8 Å². The van der Waals surface area contributed by atoms with Crippen molar-refractivity contribution in [3.63, 3.8) is 0 Å². The number of benzene rings is 1. The number of fused-ring (bicyclic) bond motifs is 1. The zero-order valence-electron chi connectivity index (χ0n) is 13.6. The first kappa shape index (κ1) is 15.7. The fourth-order valence-electron chi connectivity index (χ4n) is 3.14. The van der Waals surface area contributed by atoms with Gasteiger partial charge in [-0.3, -0.25) is 4.79 Å². The summed E-state index contributed by atoms with van der Waals surface area (Å²) in [5, 5.41) is 3.09. The second-order valence-corrected chi connectivity index (χ2v) is 6.27. The van der Waals surface area contributed by atoms with Crippen LogP contribution in [0.15, 0.2) is 36.9 Å². The summed E-state index contributed by atoms with van der Waals surface area (Å²) in [7, 11) is 0. The van der Waals surface area contributed by atoms with Crippen LogP contribution in [-0.4, -0.2) is 15.9 Å². The normalized spacial score (nSPS) is 14.8. The lowest BCUT2D eigenvalue weighted by atomic mass is 9.89. The molecule has 0 fully saturated rings. The summed E-state index contributed by atoms with van der Waals surface area (Å²) in [4.78, 5) is 20.1. The van der Waals surface area contributed by atoms with E-state index in [2.05, 4.69) is 33.5 Å². The van der Waals surface area contributed by atoms with Gasteiger partial charge in [-0.2, -0.15) is 0 Å². The first-order valence-corrected chi connectivity index (χ1v) is 8.37. The first-order chi connectivity index (χ1) is 11.2. The van der Waals surface area contributed by atoms with E-state index in [1.54, 1.807) is 12.4 Å². The molecule has 0 bridgehead atoms. The molecule has 1 unspecified atom stereocenters. The first-order valence-electron chi connectivity index (χ1n) is 8.37. The van der Waals surface area contributed by atoms with Crippen molar-refractivity contribution in [3.05, 3.63) is 59.2 Å². The van der Waals surface area contributed by atoms with Gasteiger partial charge in [-0.25, -0.2) is 9.97 Å². The van der Waals surface area contributed by atoms with Gasteiger partial charge in [0.15, 0.2) is 0 Å². The lowest BCUT2D eigenvalue weighted by Crippen LogP contribution is -2.27. The summed E-state index contributed by atoms with van der Waals surface area (Å²) >= 11 is 0. The number of aromatic nitrogens is 2. The smallest absolute Gasteiger partial charge is 0.220 e. The van der Waals surface area contributed by atoms with Crippen molar-refractivity contribution < 1.29 is 4.79 Å². The maximum absolute atomic E-state index is 12.1. The van der Waals surface area contributed by atoms with E-state index in [-0.39, 0.29) is 11.9 Å². The fourth-order valence-corrected chi connectivity index (χ4v) is 3.14. The minimum atomic E-state index is 0.0433. The molecule has 1 N–H and O–H groups in total. The second-order valence-electron chi connectivity index (χ2n) is 6.27. The summed E-state index contributed by atoms with van der Waals surface area (Å²) in [6.45, 7) is 2.05. The Hall–Kier alpha value is -2.23. The molecule has 1 heterocycles. The maximum Gasteiger partial charge on any atom is 0.220 e. The van der Waals surface area contributed by atoms with Crippen LogP contribution in [0.25, 0.3) is 0 Å². The van der Waals surface area contributed by atoms with Crippen LogP contribution in [0.2, 0.25) is 0 Å². The van der Waals surface area contributed by atoms with E-state index in [0.717, 1.165) is 12.0 Å². The average molecular weight is 309 g/mol. The topological polar surface area (TPSA) is 54.9 Å². The van der Waals surface area contributed by atoms with Crippen molar-refractivity contribution in [1.29, 1.82) is 0 Å². The number of aryl methyl sites for hydroxylation is 3. The second kappa shape index (κ2) is 7.36. The highest BCUT2D eigenvalue weighted by atomic mass is 16.1. The SMILES string of the molecule is CC(NC(=O)CCc1cncnc1)c1ccc2c(c1)CCCC2. The Balaban J connectivity index is 1.56. The molecule has 4 nitrogen and oxygen atoms in total. The van der Waals surface area contributed by atoms with Crippen LogP contribution < -0.4 is 5.32 Å². The van der Waals surface area contributed by atoms with Crippen molar-refractivity contribution in [3.8, 4) is 0 Å². The molecule has 0 radical (unpaired) electrons. The van der Waals surface area contributed by atoms with Gasteiger partial charge in [-0.15, -0.1) is 0 Å². The molecule has 4 heteroatoms. The van der Waals surface area contributed by atoms with Gasteiger partial charge in [0.25, 0.3) is 0 Å². The monoisotopic (exact) mass is 309 g/mol. The van der Waals surface area contributed by atoms with E-state index in [9.17, 15) is 4.79 Å². The van der Waals surface area contributed by atoms with Crippen LogP contribution in [-0.2, 0) is 24.1 Å². The molecule has 23 heavy (non-hydrogen) atoms. The molecular weight excluding hydrogens is 286 g/mol. The average Bonchev–Trinajstić information content (AvgIpc) is 2.60. The lowest BCUT2D eigenvalue weighted by Gasteiger charge is -2.20. The molecule has 1 aromatic carbocycles. The number of amides is 1. The summed E-state index contributed by atoms with van der Waals surface area (Å²) in [6, 6.07) is 6.69. The lowest BCUT2D eigenvalue weighted by molar-refractivity contribution is -0.121. The van der Waals surface area contributed by atoms with Gasteiger partial charge in [0.05, 0.1) is 6.04 Å². The third-order valence-corrected chi connectivity index (χ3v) is 4.50. The predicted molar refractivity (Wildman–Crippen MR) is 90.0 cm³/mol. The van der Waals surface area contributed by atoms with E-state index in [1.165, 1.54) is 42.3 Å². The minimum Gasteiger partial charge on any atom is -0.350 e. The summed E-state index contributed by atoms with van der Waals surface area (Å²) in [6.07, 6.45) is 11.1. The summed E-state index contributed by atoms with van der Waals surface area (Å²) in [5.41, 5.74) is 5.12. The largest absolute Gasteiger partial charge is 0.350 e. The van der Waals surface area contributed by atoms with Crippen molar-refractivity contribution in [2.75, 3.05) is 0 Å². The Morgan fingerprint density at radius 3 is 2.70 bits per heavy atom.